The van der Waals surface area contributed by atoms with Crippen LogP contribution in [0.5, 0.6) is 5.75 Å². The highest BCUT2D eigenvalue weighted by Gasteiger charge is 2.47. The first-order valence-corrected chi connectivity index (χ1v) is 13.8. The van der Waals surface area contributed by atoms with Gasteiger partial charge in [-0.2, -0.15) is 0 Å². The smallest absolute Gasteiger partial charge is 0.225 e. The Labute approximate surface area is 227 Å². The SMILES string of the molecule is CN(C)CCN(Cc1ccccc1)C(=O)C[C@@H]1CC[C@@H]2[C@@H](O1)c1cc(-c3ccccc3)ccc1OC2(C)C. The molecule has 5 rings (SSSR count). The second-order valence-corrected chi connectivity index (χ2v) is 11.5. The van der Waals surface area contributed by atoms with Crippen molar-refractivity contribution in [2.45, 2.75) is 57.5 Å². The second-order valence-electron chi connectivity index (χ2n) is 11.5. The molecule has 3 aromatic carbocycles. The number of benzene rings is 3. The summed E-state index contributed by atoms with van der Waals surface area (Å²) in [4.78, 5) is 17.7. The maximum Gasteiger partial charge on any atom is 0.225 e. The van der Waals surface area contributed by atoms with Crippen molar-refractivity contribution in [1.82, 2.24) is 9.80 Å². The summed E-state index contributed by atoms with van der Waals surface area (Å²) in [5, 5.41) is 0. The molecule has 3 aromatic rings. The molecule has 1 saturated heterocycles. The fourth-order valence-electron chi connectivity index (χ4n) is 5.81. The van der Waals surface area contributed by atoms with Gasteiger partial charge in [-0.05, 0) is 69.6 Å². The van der Waals surface area contributed by atoms with Crippen LogP contribution in [0.1, 0.15) is 50.3 Å². The van der Waals surface area contributed by atoms with E-state index in [0.29, 0.717) is 19.5 Å². The molecule has 0 N–H and O–H groups in total. The van der Waals surface area contributed by atoms with E-state index < -0.39 is 0 Å². The van der Waals surface area contributed by atoms with Crippen LogP contribution in [0.15, 0.2) is 78.9 Å². The highest BCUT2D eigenvalue weighted by atomic mass is 16.5. The van der Waals surface area contributed by atoms with E-state index in [1.165, 1.54) is 5.56 Å². The van der Waals surface area contributed by atoms with Crippen molar-refractivity contribution in [3.05, 3.63) is 90.0 Å². The van der Waals surface area contributed by atoms with Crippen molar-refractivity contribution in [3.63, 3.8) is 0 Å². The van der Waals surface area contributed by atoms with Gasteiger partial charge in [-0.3, -0.25) is 4.79 Å². The average molecular weight is 513 g/mol. The third-order valence-electron chi connectivity index (χ3n) is 7.98. The Kier molecular flexibility index (Phi) is 7.87. The van der Waals surface area contributed by atoms with Gasteiger partial charge < -0.3 is 19.3 Å². The van der Waals surface area contributed by atoms with Gasteiger partial charge in [0, 0.05) is 31.1 Å². The van der Waals surface area contributed by atoms with Gasteiger partial charge in [0.15, 0.2) is 0 Å². The lowest BCUT2D eigenvalue weighted by Crippen LogP contribution is -2.49. The largest absolute Gasteiger partial charge is 0.487 e. The van der Waals surface area contributed by atoms with E-state index in [4.69, 9.17) is 9.47 Å². The summed E-state index contributed by atoms with van der Waals surface area (Å²) in [6, 6.07) is 27.1. The van der Waals surface area contributed by atoms with E-state index in [-0.39, 0.29) is 29.6 Å². The first-order chi connectivity index (χ1) is 18.3. The number of nitrogens with zero attached hydrogens (tertiary/aromatic N) is 2. The van der Waals surface area contributed by atoms with Crippen LogP contribution in [0.2, 0.25) is 0 Å². The number of hydrogen-bond donors (Lipinski definition) is 0. The molecule has 2 aliphatic rings. The van der Waals surface area contributed by atoms with E-state index in [1.54, 1.807) is 0 Å². The van der Waals surface area contributed by atoms with Gasteiger partial charge in [-0.1, -0.05) is 66.7 Å². The first kappa shape index (κ1) is 26.5. The molecule has 0 unspecified atom stereocenters. The van der Waals surface area contributed by atoms with Crippen LogP contribution in [-0.4, -0.2) is 54.6 Å². The lowest BCUT2D eigenvalue weighted by Gasteiger charge is -2.49. The second kappa shape index (κ2) is 11.3. The molecular weight excluding hydrogens is 472 g/mol. The Balaban J connectivity index is 1.35. The number of amides is 1. The molecule has 200 valence electrons. The molecule has 2 heterocycles. The molecule has 0 aliphatic carbocycles. The molecule has 0 spiro atoms. The van der Waals surface area contributed by atoms with Gasteiger partial charge in [0.25, 0.3) is 0 Å². The minimum Gasteiger partial charge on any atom is -0.487 e. The number of fused-ring (bicyclic) bond motifs is 3. The maximum absolute atomic E-state index is 13.6. The Morgan fingerprint density at radius 2 is 1.61 bits per heavy atom. The van der Waals surface area contributed by atoms with E-state index in [1.807, 2.05) is 43.3 Å². The van der Waals surface area contributed by atoms with Gasteiger partial charge >= 0.3 is 0 Å². The molecule has 0 radical (unpaired) electrons. The maximum atomic E-state index is 13.6. The number of likely N-dealkylation sites (N-methyl/N-ethyl adjacent to an activating group) is 1. The highest BCUT2D eigenvalue weighted by Crippen LogP contribution is 2.51. The van der Waals surface area contributed by atoms with E-state index in [0.717, 1.165) is 41.8 Å². The number of carbonyl (C=O) groups excluding carboxylic acids is 1. The third kappa shape index (κ3) is 5.95. The van der Waals surface area contributed by atoms with Crippen LogP contribution in [0.4, 0.5) is 0 Å². The van der Waals surface area contributed by atoms with E-state index in [2.05, 4.69) is 73.3 Å². The Bertz CT molecular complexity index is 1230. The zero-order chi connectivity index (χ0) is 26.7. The number of carbonyl (C=O) groups is 1. The summed E-state index contributed by atoms with van der Waals surface area (Å²) in [5.74, 6) is 1.28. The Morgan fingerprint density at radius 3 is 2.32 bits per heavy atom. The van der Waals surface area contributed by atoms with Crippen molar-refractivity contribution in [1.29, 1.82) is 0 Å². The molecule has 5 heteroatoms. The zero-order valence-electron chi connectivity index (χ0n) is 23.1. The molecule has 1 amide bonds. The quantitative estimate of drug-likeness (QED) is 0.353. The topological polar surface area (TPSA) is 42.0 Å². The molecule has 38 heavy (non-hydrogen) atoms. The van der Waals surface area contributed by atoms with Crippen LogP contribution >= 0.6 is 0 Å². The summed E-state index contributed by atoms with van der Waals surface area (Å²) in [5.41, 5.74) is 4.26. The Morgan fingerprint density at radius 1 is 0.895 bits per heavy atom. The van der Waals surface area contributed by atoms with Crippen LogP contribution in [0, 0.1) is 5.92 Å². The zero-order valence-corrected chi connectivity index (χ0v) is 23.1. The third-order valence-corrected chi connectivity index (χ3v) is 7.98. The lowest BCUT2D eigenvalue weighted by atomic mass is 9.74. The summed E-state index contributed by atoms with van der Waals surface area (Å²) in [7, 11) is 4.09. The first-order valence-electron chi connectivity index (χ1n) is 13.8. The minimum absolute atomic E-state index is 0.0895. The fourth-order valence-corrected chi connectivity index (χ4v) is 5.81. The fraction of sp³-hybridized carbons (Fsp3) is 0.424. The predicted molar refractivity (Wildman–Crippen MR) is 152 cm³/mol. The summed E-state index contributed by atoms with van der Waals surface area (Å²) in [6.45, 7) is 6.48. The van der Waals surface area contributed by atoms with Crippen LogP contribution in [0.3, 0.4) is 0 Å². The minimum atomic E-state index is -0.327. The summed E-state index contributed by atoms with van der Waals surface area (Å²) < 4.78 is 13.3. The molecule has 0 bridgehead atoms. The van der Waals surface area contributed by atoms with Crippen LogP contribution in [0.25, 0.3) is 11.1 Å². The highest BCUT2D eigenvalue weighted by molar-refractivity contribution is 5.76. The molecule has 3 atom stereocenters. The standard InChI is InChI=1S/C33H40N2O3/c1-33(2)29-17-16-27(22-31(36)35(20-19-34(3)4)23-24-11-7-5-8-12-24)37-32(29)28-21-26(15-18-30(28)38-33)25-13-9-6-10-14-25/h5-15,18,21,27,29,32H,16-17,19-20,22-23H2,1-4H3/t27-,29+,32-/m0/s1. The van der Waals surface area contributed by atoms with Gasteiger partial charge in [0.1, 0.15) is 11.4 Å². The van der Waals surface area contributed by atoms with Gasteiger partial charge in [0.2, 0.25) is 5.91 Å². The monoisotopic (exact) mass is 512 g/mol. The van der Waals surface area contributed by atoms with Crippen molar-refractivity contribution < 1.29 is 14.3 Å². The van der Waals surface area contributed by atoms with Gasteiger partial charge in [0.05, 0.1) is 18.6 Å². The van der Waals surface area contributed by atoms with Crippen LogP contribution < -0.4 is 4.74 Å². The molecule has 0 saturated carbocycles. The van der Waals surface area contributed by atoms with E-state index in [9.17, 15) is 4.79 Å². The van der Waals surface area contributed by atoms with Crippen LogP contribution in [-0.2, 0) is 16.1 Å². The number of hydrogen-bond acceptors (Lipinski definition) is 4. The van der Waals surface area contributed by atoms with Gasteiger partial charge in [-0.25, -0.2) is 0 Å². The van der Waals surface area contributed by atoms with Crippen molar-refractivity contribution >= 4 is 5.91 Å². The Hall–Kier alpha value is -3.15. The molecule has 1 fully saturated rings. The summed E-state index contributed by atoms with van der Waals surface area (Å²) >= 11 is 0. The van der Waals surface area contributed by atoms with Crippen molar-refractivity contribution in [3.8, 4) is 16.9 Å². The van der Waals surface area contributed by atoms with Gasteiger partial charge in [-0.15, -0.1) is 0 Å². The predicted octanol–water partition coefficient (Wildman–Crippen LogP) is 6.34. The number of rotatable bonds is 8. The molecule has 5 nitrogen and oxygen atoms in total. The van der Waals surface area contributed by atoms with Crippen molar-refractivity contribution in [2.75, 3.05) is 27.2 Å². The lowest BCUT2D eigenvalue weighted by molar-refractivity contribution is -0.160. The molecule has 0 aromatic heterocycles. The van der Waals surface area contributed by atoms with E-state index >= 15 is 0 Å². The molecule has 2 aliphatic heterocycles. The number of ether oxygens (including phenoxy) is 2. The van der Waals surface area contributed by atoms with Crippen molar-refractivity contribution in [2.24, 2.45) is 5.92 Å². The molecular formula is C33H40N2O3. The summed E-state index contributed by atoms with van der Waals surface area (Å²) in [6.07, 6.45) is 2.04. The average Bonchev–Trinajstić information content (AvgIpc) is 2.91. The normalized spacial score (nSPS) is 21.8.